The fourth-order valence-corrected chi connectivity index (χ4v) is 6.52. The lowest BCUT2D eigenvalue weighted by Gasteiger charge is -2.20. The van der Waals surface area contributed by atoms with E-state index in [0.29, 0.717) is 6.42 Å². The highest BCUT2D eigenvalue weighted by Crippen LogP contribution is 2.13. The molecule has 4 N–H and O–H groups in total. The second-order valence-corrected chi connectivity index (χ2v) is 15.3. The van der Waals surface area contributed by atoms with Crippen LogP contribution in [-0.4, -0.2) is 46.1 Å². The molecule has 0 radical (unpaired) electrons. The Bertz CT molecular complexity index is 907. The molecule has 0 aromatic heterocycles. The van der Waals surface area contributed by atoms with E-state index in [-0.39, 0.29) is 18.9 Å². The number of nitrogens with one attached hydrogen (secondary N) is 1. The molecule has 0 aliphatic rings. The van der Waals surface area contributed by atoms with Crippen LogP contribution in [0.5, 0.6) is 0 Å². The molecule has 1 amide bonds. The summed E-state index contributed by atoms with van der Waals surface area (Å²) in [5.74, 6) is -0.339. The molecule has 5 heteroatoms. The van der Waals surface area contributed by atoms with Crippen molar-refractivity contribution in [3.05, 3.63) is 60.8 Å². The van der Waals surface area contributed by atoms with Gasteiger partial charge < -0.3 is 20.6 Å². The van der Waals surface area contributed by atoms with Gasteiger partial charge in [0.25, 0.3) is 0 Å². The second-order valence-electron chi connectivity index (χ2n) is 15.3. The number of amides is 1. The first kappa shape index (κ1) is 51.0. The van der Waals surface area contributed by atoms with Crippen molar-refractivity contribution in [3.8, 4) is 0 Å². The van der Waals surface area contributed by atoms with Crippen LogP contribution in [0, 0.1) is 0 Å². The summed E-state index contributed by atoms with van der Waals surface area (Å²) in [5.41, 5.74) is 0. The zero-order valence-corrected chi connectivity index (χ0v) is 34.9. The minimum absolute atomic E-state index is 0.00945. The van der Waals surface area contributed by atoms with Crippen molar-refractivity contribution in [1.29, 1.82) is 0 Å². The molecule has 0 fully saturated rings. The molecule has 0 aliphatic heterocycles. The van der Waals surface area contributed by atoms with Crippen molar-refractivity contribution in [2.75, 3.05) is 6.61 Å². The standard InChI is InChI=1S/C48H87NO4/c1-3-5-7-9-11-13-15-17-19-21-22-23-24-26-27-29-31-33-35-37-39-41-45(51)43-48(53)49-46(44-50)47(52)42-40-38-36-34-32-30-28-25-20-18-16-14-12-10-8-6-4-2/h20,22-23,25-27,32,34,40,42,45-47,50-52H,3-19,21,24,28-31,33,35-39,41,43-44H2,1-2H3,(H,49,53)/b23-22-,25-20+,27-26-,34-32+,42-40+. The molecular weight excluding hydrogens is 655 g/mol. The monoisotopic (exact) mass is 742 g/mol. The van der Waals surface area contributed by atoms with Crippen LogP contribution in [0.1, 0.15) is 213 Å². The van der Waals surface area contributed by atoms with E-state index in [1.807, 2.05) is 6.08 Å². The average molecular weight is 742 g/mol. The summed E-state index contributed by atoms with van der Waals surface area (Å²) in [4.78, 5) is 12.4. The molecule has 0 bridgehead atoms. The van der Waals surface area contributed by atoms with Crippen LogP contribution < -0.4 is 5.32 Å². The number of hydrogen-bond donors (Lipinski definition) is 4. The van der Waals surface area contributed by atoms with Gasteiger partial charge in [-0.15, -0.1) is 0 Å². The summed E-state index contributed by atoms with van der Waals surface area (Å²) < 4.78 is 0. The topological polar surface area (TPSA) is 89.8 Å². The quantitative estimate of drug-likeness (QED) is 0.0372. The van der Waals surface area contributed by atoms with E-state index in [1.54, 1.807) is 6.08 Å². The lowest BCUT2D eigenvalue weighted by Crippen LogP contribution is -2.45. The third-order valence-electron chi connectivity index (χ3n) is 10.0. The molecule has 3 unspecified atom stereocenters. The van der Waals surface area contributed by atoms with Gasteiger partial charge in [0.05, 0.1) is 31.3 Å². The van der Waals surface area contributed by atoms with E-state index in [9.17, 15) is 20.1 Å². The SMILES string of the molecule is CCCCCCCCC/C=C/CC/C=C/CC/C=C/C(O)C(CO)NC(=O)CC(O)CCCCCCC/C=C\C/C=C\CCCCCCCCCCC. The van der Waals surface area contributed by atoms with Gasteiger partial charge in [-0.1, -0.05) is 190 Å². The number of allylic oxidation sites excluding steroid dienone is 9. The van der Waals surface area contributed by atoms with Crippen LogP contribution in [0.3, 0.4) is 0 Å². The Hall–Kier alpha value is -1.95. The fourth-order valence-electron chi connectivity index (χ4n) is 6.52. The highest BCUT2D eigenvalue weighted by Gasteiger charge is 2.20. The number of hydrogen-bond acceptors (Lipinski definition) is 4. The summed E-state index contributed by atoms with van der Waals surface area (Å²) >= 11 is 0. The zero-order valence-electron chi connectivity index (χ0n) is 34.9. The van der Waals surface area contributed by atoms with Gasteiger partial charge in [0.2, 0.25) is 5.91 Å². The Labute approximate surface area is 329 Å². The van der Waals surface area contributed by atoms with E-state index in [4.69, 9.17) is 0 Å². The molecule has 0 saturated heterocycles. The minimum atomic E-state index is -0.966. The van der Waals surface area contributed by atoms with Crippen LogP contribution in [0.2, 0.25) is 0 Å². The third kappa shape index (κ3) is 39.6. The highest BCUT2D eigenvalue weighted by molar-refractivity contribution is 5.76. The Balaban J connectivity index is 3.77. The van der Waals surface area contributed by atoms with Crippen LogP contribution >= 0.6 is 0 Å². The van der Waals surface area contributed by atoms with Gasteiger partial charge in [-0.05, 0) is 77.0 Å². The molecule has 0 aromatic carbocycles. The second kappa shape index (κ2) is 42.8. The molecule has 0 saturated carbocycles. The molecule has 308 valence electrons. The fraction of sp³-hybridized carbons (Fsp3) is 0.771. The maximum atomic E-state index is 12.4. The van der Waals surface area contributed by atoms with Gasteiger partial charge in [0.1, 0.15) is 0 Å². The van der Waals surface area contributed by atoms with Crippen molar-refractivity contribution in [2.24, 2.45) is 0 Å². The van der Waals surface area contributed by atoms with Gasteiger partial charge >= 0.3 is 0 Å². The van der Waals surface area contributed by atoms with E-state index in [0.717, 1.165) is 57.8 Å². The molecule has 0 heterocycles. The van der Waals surface area contributed by atoms with Crippen LogP contribution in [0.4, 0.5) is 0 Å². The summed E-state index contributed by atoms with van der Waals surface area (Å²) in [6, 6.07) is -0.774. The predicted octanol–water partition coefficient (Wildman–Crippen LogP) is 13.1. The molecule has 0 rings (SSSR count). The van der Waals surface area contributed by atoms with Crippen molar-refractivity contribution in [3.63, 3.8) is 0 Å². The molecule has 5 nitrogen and oxygen atoms in total. The minimum Gasteiger partial charge on any atom is -0.394 e. The van der Waals surface area contributed by atoms with Crippen LogP contribution in [0.25, 0.3) is 0 Å². The first-order valence-electron chi connectivity index (χ1n) is 22.6. The molecule has 0 aromatic rings. The summed E-state index contributed by atoms with van der Waals surface area (Å²) in [7, 11) is 0. The van der Waals surface area contributed by atoms with Gasteiger partial charge in [-0.3, -0.25) is 4.79 Å². The summed E-state index contributed by atoms with van der Waals surface area (Å²) in [6.45, 7) is 4.18. The lowest BCUT2D eigenvalue weighted by molar-refractivity contribution is -0.124. The first-order chi connectivity index (χ1) is 26.0. The number of aliphatic hydroxyl groups excluding tert-OH is 3. The lowest BCUT2D eigenvalue weighted by atomic mass is 10.0. The van der Waals surface area contributed by atoms with Crippen LogP contribution in [0.15, 0.2) is 60.8 Å². The molecule has 53 heavy (non-hydrogen) atoms. The summed E-state index contributed by atoms with van der Waals surface area (Å²) in [5, 5.41) is 33.2. The number of rotatable bonds is 40. The van der Waals surface area contributed by atoms with Crippen molar-refractivity contribution in [1.82, 2.24) is 5.32 Å². The maximum absolute atomic E-state index is 12.4. The molecule has 0 aliphatic carbocycles. The van der Waals surface area contributed by atoms with Gasteiger partial charge in [0, 0.05) is 0 Å². The van der Waals surface area contributed by atoms with Crippen molar-refractivity contribution >= 4 is 5.91 Å². The van der Waals surface area contributed by atoms with E-state index < -0.39 is 18.2 Å². The number of aliphatic hydroxyl groups is 3. The Morgan fingerprint density at radius 3 is 1.32 bits per heavy atom. The Kier molecular flexibility index (Phi) is 41.2. The van der Waals surface area contributed by atoms with E-state index in [1.165, 1.54) is 128 Å². The smallest absolute Gasteiger partial charge is 0.222 e. The predicted molar refractivity (Wildman–Crippen MR) is 231 cm³/mol. The number of unbranched alkanes of at least 4 members (excludes halogenated alkanes) is 23. The zero-order chi connectivity index (χ0) is 38.7. The van der Waals surface area contributed by atoms with E-state index in [2.05, 4.69) is 67.8 Å². The average Bonchev–Trinajstić information content (AvgIpc) is 3.15. The molecular formula is C48H87NO4. The molecule has 3 atom stereocenters. The third-order valence-corrected chi connectivity index (χ3v) is 10.0. The highest BCUT2D eigenvalue weighted by atomic mass is 16.3. The Morgan fingerprint density at radius 2 is 0.868 bits per heavy atom. The summed E-state index contributed by atoms with van der Waals surface area (Å²) in [6.07, 6.45) is 56.5. The number of carbonyl (C=O) groups is 1. The van der Waals surface area contributed by atoms with Crippen LogP contribution in [-0.2, 0) is 4.79 Å². The van der Waals surface area contributed by atoms with Gasteiger partial charge in [-0.25, -0.2) is 0 Å². The largest absolute Gasteiger partial charge is 0.394 e. The van der Waals surface area contributed by atoms with Crippen molar-refractivity contribution in [2.45, 2.75) is 231 Å². The van der Waals surface area contributed by atoms with Gasteiger partial charge in [0.15, 0.2) is 0 Å². The van der Waals surface area contributed by atoms with Gasteiger partial charge in [-0.2, -0.15) is 0 Å². The molecule has 0 spiro atoms. The normalized spacial score (nSPS) is 14.1. The number of carbonyl (C=O) groups excluding carboxylic acids is 1. The Morgan fingerprint density at radius 1 is 0.491 bits per heavy atom. The van der Waals surface area contributed by atoms with E-state index >= 15 is 0 Å². The maximum Gasteiger partial charge on any atom is 0.222 e. The van der Waals surface area contributed by atoms with Crippen molar-refractivity contribution < 1.29 is 20.1 Å². The first-order valence-corrected chi connectivity index (χ1v) is 22.6.